The van der Waals surface area contributed by atoms with Gasteiger partial charge in [0.05, 0.1) is 12.3 Å². The van der Waals surface area contributed by atoms with Crippen LogP contribution in [0.4, 0.5) is 0 Å². The predicted molar refractivity (Wildman–Crippen MR) is 79.9 cm³/mol. The number of piperidine rings is 1. The average molecular weight is 305 g/mol. The highest BCUT2D eigenvalue weighted by molar-refractivity contribution is 7.89. The van der Waals surface area contributed by atoms with Gasteiger partial charge in [-0.25, -0.2) is 13.1 Å². The van der Waals surface area contributed by atoms with Crippen LogP contribution in [0.2, 0.25) is 0 Å². The fourth-order valence-corrected chi connectivity index (χ4v) is 3.19. The predicted octanol–water partition coefficient (Wildman–Crippen LogP) is 0.210. The van der Waals surface area contributed by atoms with Crippen LogP contribution in [-0.2, 0) is 14.8 Å². The minimum absolute atomic E-state index is 0.0716. The molecule has 0 saturated carbocycles. The first-order valence-electron chi connectivity index (χ1n) is 7.36. The summed E-state index contributed by atoms with van der Waals surface area (Å²) < 4.78 is 25.9. The Bertz CT molecular complexity index is 390. The molecule has 0 aliphatic carbocycles. The molecule has 0 radical (unpaired) electrons. The summed E-state index contributed by atoms with van der Waals surface area (Å²) in [5, 5.41) is 6.00. The summed E-state index contributed by atoms with van der Waals surface area (Å²) in [5.74, 6) is 0.147. The number of hydrogen-bond donors (Lipinski definition) is 3. The molecule has 0 aromatic carbocycles. The van der Waals surface area contributed by atoms with E-state index < -0.39 is 10.0 Å². The molecule has 1 fully saturated rings. The van der Waals surface area contributed by atoms with Crippen LogP contribution in [0.1, 0.15) is 39.5 Å². The minimum atomic E-state index is -3.37. The lowest BCUT2D eigenvalue weighted by molar-refractivity contribution is -0.120. The van der Waals surface area contributed by atoms with Gasteiger partial charge >= 0.3 is 0 Å². The fourth-order valence-electron chi connectivity index (χ4n) is 2.10. The molecule has 0 spiro atoms. The van der Waals surface area contributed by atoms with Gasteiger partial charge in [-0.15, -0.1) is 0 Å². The van der Waals surface area contributed by atoms with Gasteiger partial charge in [-0.1, -0.05) is 20.3 Å². The molecular weight excluding hydrogens is 278 g/mol. The summed E-state index contributed by atoms with van der Waals surface area (Å²) in [5.41, 5.74) is 0. The molecule has 1 rings (SSSR count). The van der Waals surface area contributed by atoms with Gasteiger partial charge in [0.15, 0.2) is 0 Å². The fraction of sp³-hybridized carbons (Fsp3) is 0.923. The zero-order valence-corrected chi connectivity index (χ0v) is 13.3. The zero-order valence-electron chi connectivity index (χ0n) is 12.4. The van der Waals surface area contributed by atoms with Gasteiger partial charge < -0.3 is 10.6 Å². The molecule has 7 heteroatoms. The highest BCUT2D eigenvalue weighted by Gasteiger charge is 2.18. The van der Waals surface area contributed by atoms with Crippen molar-refractivity contribution in [3.8, 4) is 0 Å². The summed E-state index contributed by atoms with van der Waals surface area (Å²) in [4.78, 5) is 11.4. The summed E-state index contributed by atoms with van der Waals surface area (Å²) in [6, 6.07) is 0.287. The molecule has 1 aliphatic heterocycles. The average Bonchev–Trinajstić information content (AvgIpc) is 2.42. The Morgan fingerprint density at radius 3 is 2.70 bits per heavy atom. The first-order valence-corrected chi connectivity index (χ1v) is 9.01. The Balaban J connectivity index is 2.21. The third kappa shape index (κ3) is 7.81. The van der Waals surface area contributed by atoms with Gasteiger partial charge in [-0.3, -0.25) is 4.79 Å². The van der Waals surface area contributed by atoms with E-state index in [2.05, 4.69) is 15.4 Å². The standard InChI is InChI=1S/C13H27N3O3S/c1-11(2)9-15-13(17)10-16-20(18,19)8-6-12-5-3-4-7-14-12/h11-12,14,16H,3-10H2,1-2H3,(H,15,17). The lowest BCUT2D eigenvalue weighted by atomic mass is 10.0. The van der Waals surface area contributed by atoms with E-state index in [1.807, 2.05) is 13.8 Å². The normalized spacial score (nSPS) is 20.1. The maximum atomic E-state index is 11.8. The van der Waals surface area contributed by atoms with Crippen molar-refractivity contribution in [2.24, 2.45) is 5.92 Å². The third-order valence-electron chi connectivity index (χ3n) is 3.31. The Kier molecular flexibility index (Phi) is 7.47. The first kappa shape index (κ1) is 17.4. The van der Waals surface area contributed by atoms with E-state index in [9.17, 15) is 13.2 Å². The van der Waals surface area contributed by atoms with Crippen molar-refractivity contribution in [3.63, 3.8) is 0 Å². The summed E-state index contributed by atoms with van der Waals surface area (Å²) in [6.45, 7) is 5.33. The maximum Gasteiger partial charge on any atom is 0.235 e. The van der Waals surface area contributed by atoms with Crippen LogP contribution >= 0.6 is 0 Å². The third-order valence-corrected chi connectivity index (χ3v) is 4.66. The minimum Gasteiger partial charge on any atom is -0.355 e. The molecule has 118 valence electrons. The van der Waals surface area contributed by atoms with E-state index >= 15 is 0 Å². The molecule has 0 aromatic heterocycles. The SMILES string of the molecule is CC(C)CNC(=O)CNS(=O)(=O)CCC1CCCCN1. The number of carbonyl (C=O) groups is 1. The lowest BCUT2D eigenvalue weighted by Crippen LogP contribution is -2.41. The number of hydrogen-bond acceptors (Lipinski definition) is 4. The molecule has 6 nitrogen and oxygen atoms in total. The topological polar surface area (TPSA) is 87.3 Å². The Morgan fingerprint density at radius 2 is 2.10 bits per heavy atom. The molecule has 0 aromatic rings. The second kappa shape index (κ2) is 8.59. The van der Waals surface area contributed by atoms with Gasteiger partial charge in [0, 0.05) is 12.6 Å². The summed E-state index contributed by atoms with van der Waals surface area (Å²) >= 11 is 0. The second-order valence-corrected chi connectivity index (χ2v) is 7.70. The molecule has 20 heavy (non-hydrogen) atoms. The van der Waals surface area contributed by atoms with E-state index in [0.717, 1.165) is 25.8 Å². The number of rotatable bonds is 8. The quantitative estimate of drug-likeness (QED) is 0.598. The van der Waals surface area contributed by atoms with Crippen LogP contribution in [0.25, 0.3) is 0 Å². The molecule has 0 bridgehead atoms. The highest BCUT2D eigenvalue weighted by Crippen LogP contribution is 2.10. The smallest absolute Gasteiger partial charge is 0.235 e. The van der Waals surface area contributed by atoms with Gasteiger partial charge in [0.2, 0.25) is 15.9 Å². The number of carbonyl (C=O) groups excluding carboxylic acids is 1. The van der Waals surface area contributed by atoms with Crippen molar-refractivity contribution in [1.29, 1.82) is 0 Å². The lowest BCUT2D eigenvalue weighted by Gasteiger charge is -2.23. The summed E-state index contributed by atoms with van der Waals surface area (Å²) in [6.07, 6.45) is 3.95. The zero-order chi connectivity index (χ0) is 15.0. The van der Waals surface area contributed by atoms with E-state index in [4.69, 9.17) is 0 Å². The van der Waals surface area contributed by atoms with Crippen LogP contribution < -0.4 is 15.4 Å². The van der Waals surface area contributed by atoms with Crippen LogP contribution in [0.15, 0.2) is 0 Å². The molecular formula is C13H27N3O3S. The Hall–Kier alpha value is -0.660. The first-order chi connectivity index (χ1) is 9.39. The van der Waals surface area contributed by atoms with Gasteiger partial charge in [0.25, 0.3) is 0 Å². The Labute approximate surface area is 122 Å². The van der Waals surface area contributed by atoms with Gasteiger partial charge in [-0.05, 0) is 31.7 Å². The number of amides is 1. The van der Waals surface area contributed by atoms with Gasteiger partial charge in [-0.2, -0.15) is 0 Å². The van der Waals surface area contributed by atoms with Crippen LogP contribution in [0.5, 0.6) is 0 Å². The second-order valence-electron chi connectivity index (χ2n) is 5.77. The van der Waals surface area contributed by atoms with Gasteiger partial charge in [0.1, 0.15) is 0 Å². The monoisotopic (exact) mass is 305 g/mol. The molecule has 3 N–H and O–H groups in total. The van der Waals surface area contributed by atoms with Crippen LogP contribution in [0, 0.1) is 5.92 Å². The largest absolute Gasteiger partial charge is 0.355 e. The van der Waals surface area contributed by atoms with Crippen molar-refractivity contribution in [1.82, 2.24) is 15.4 Å². The maximum absolute atomic E-state index is 11.8. The van der Waals surface area contributed by atoms with Crippen LogP contribution in [-0.4, -0.2) is 45.8 Å². The van der Waals surface area contributed by atoms with E-state index in [0.29, 0.717) is 18.9 Å². The molecule has 1 amide bonds. The van der Waals surface area contributed by atoms with E-state index in [1.165, 1.54) is 0 Å². The van der Waals surface area contributed by atoms with Crippen molar-refractivity contribution in [3.05, 3.63) is 0 Å². The van der Waals surface area contributed by atoms with Crippen molar-refractivity contribution in [2.45, 2.75) is 45.6 Å². The molecule has 1 heterocycles. The molecule has 1 saturated heterocycles. The van der Waals surface area contributed by atoms with Crippen molar-refractivity contribution >= 4 is 15.9 Å². The van der Waals surface area contributed by atoms with E-state index in [-0.39, 0.29) is 24.2 Å². The summed E-state index contributed by atoms with van der Waals surface area (Å²) in [7, 11) is -3.37. The number of nitrogens with one attached hydrogen (secondary N) is 3. The Morgan fingerprint density at radius 1 is 1.35 bits per heavy atom. The van der Waals surface area contributed by atoms with Crippen molar-refractivity contribution < 1.29 is 13.2 Å². The van der Waals surface area contributed by atoms with Crippen molar-refractivity contribution in [2.75, 3.05) is 25.4 Å². The van der Waals surface area contributed by atoms with E-state index in [1.54, 1.807) is 0 Å². The molecule has 1 unspecified atom stereocenters. The van der Waals surface area contributed by atoms with Crippen LogP contribution in [0.3, 0.4) is 0 Å². The molecule has 1 aliphatic rings. The number of sulfonamides is 1. The molecule has 1 atom stereocenters. The highest BCUT2D eigenvalue weighted by atomic mass is 32.2.